The molecule has 0 radical (unpaired) electrons. The smallest absolute Gasteiger partial charge is 0.362 e. The first kappa shape index (κ1) is 25.8. The Morgan fingerprint density at radius 2 is 1.89 bits per heavy atom. The summed E-state index contributed by atoms with van der Waals surface area (Å²) in [5, 5.41) is 25.9. The minimum Gasteiger partial charge on any atom is -0.393 e. The summed E-state index contributed by atoms with van der Waals surface area (Å²) >= 11 is 0. The third kappa shape index (κ3) is 4.75. The van der Waals surface area contributed by atoms with Crippen molar-refractivity contribution in [2.75, 3.05) is 19.6 Å². The van der Waals surface area contributed by atoms with Gasteiger partial charge in [-0.15, -0.1) is 0 Å². The number of likely N-dealkylation sites (tertiary alicyclic amines) is 1. The largest absolute Gasteiger partial charge is 0.393 e. The van der Waals surface area contributed by atoms with Gasteiger partial charge in [0.1, 0.15) is 5.70 Å². The number of hydrogen-bond donors (Lipinski definition) is 3. The standard InChI is InChI=1S/C21H25N5O9S/c1-10-15(9-24-7-13(8-24)23-36(22,33)34)18(25-17(10)16(11(2)27)19(25)28)21(30)35-20(29)12-3-5-14(6-4-12)26(31)32/h3-6,10-11,13,16-17,23,27H,7-9H2,1-2H3,(H2,22,33,34)/t10-,11+,16?,17+/m0/s1. The molecule has 0 aliphatic carbocycles. The first-order valence-electron chi connectivity index (χ1n) is 11.1. The Kier molecular flexibility index (Phi) is 6.70. The number of esters is 2. The number of carbonyl (C=O) groups is 3. The molecule has 14 nitrogen and oxygen atoms in total. The van der Waals surface area contributed by atoms with Crippen LogP contribution in [0, 0.1) is 22.0 Å². The predicted octanol–water partition coefficient (Wildman–Crippen LogP) is -1.13. The van der Waals surface area contributed by atoms with E-state index >= 15 is 0 Å². The average Bonchev–Trinajstić information content (AvgIpc) is 2.99. The second-order valence-corrected chi connectivity index (χ2v) is 10.5. The lowest BCUT2D eigenvalue weighted by Crippen LogP contribution is -2.63. The van der Waals surface area contributed by atoms with Crippen molar-refractivity contribution in [3.05, 3.63) is 51.2 Å². The lowest BCUT2D eigenvalue weighted by atomic mass is 9.77. The van der Waals surface area contributed by atoms with Crippen molar-refractivity contribution in [1.29, 1.82) is 0 Å². The number of carbonyl (C=O) groups excluding carboxylic acids is 3. The molecule has 0 bridgehead atoms. The fourth-order valence-corrected chi connectivity index (χ4v) is 5.61. The van der Waals surface area contributed by atoms with E-state index in [1.54, 1.807) is 6.92 Å². The Bertz CT molecular complexity index is 1250. The second-order valence-electron chi connectivity index (χ2n) is 9.16. The first-order valence-corrected chi connectivity index (χ1v) is 12.6. The molecule has 36 heavy (non-hydrogen) atoms. The van der Waals surface area contributed by atoms with Gasteiger partial charge in [0, 0.05) is 43.7 Å². The average molecular weight is 524 g/mol. The fraction of sp³-hybridized carbons (Fsp3) is 0.476. The van der Waals surface area contributed by atoms with Gasteiger partial charge in [-0.05, 0) is 24.6 Å². The van der Waals surface area contributed by atoms with E-state index in [1.165, 1.54) is 11.8 Å². The Hall–Kier alpha value is -3.24. The third-order valence-corrected chi connectivity index (χ3v) is 7.35. The number of non-ortho nitro benzene ring substituents is 1. The normalized spacial score (nSPS) is 25.2. The summed E-state index contributed by atoms with van der Waals surface area (Å²) in [7, 11) is -3.87. The number of amides is 1. The van der Waals surface area contributed by atoms with E-state index in [-0.39, 0.29) is 29.4 Å². The number of hydrogen-bond acceptors (Lipinski definition) is 10. The van der Waals surface area contributed by atoms with Crippen LogP contribution in [-0.4, -0.2) is 83.9 Å². The van der Waals surface area contributed by atoms with Crippen LogP contribution >= 0.6 is 0 Å². The minimum absolute atomic E-state index is 0.0878. The zero-order chi connectivity index (χ0) is 26.5. The lowest BCUT2D eigenvalue weighted by molar-refractivity contribution is -0.384. The van der Waals surface area contributed by atoms with Gasteiger partial charge in [-0.2, -0.15) is 13.1 Å². The number of benzene rings is 1. The van der Waals surface area contributed by atoms with Crippen molar-refractivity contribution in [3.8, 4) is 0 Å². The Balaban J connectivity index is 1.54. The van der Waals surface area contributed by atoms with Crippen molar-refractivity contribution in [1.82, 2.24) is 14.5 Å². The summed E-state index contributed by atoms with van der Waals surface area (Å²) in [6.07, 6.45) is -0.952. The molecule has 2 saturated heterocycles. The zero-order valence-electron chi connectivity index (χ0n) is 19.4. The van der Waals surface area contributed by atoms with Gasteiger partial charge in [-0.3, -0.25) is 19.8 Å². The molecule has 0 spiro atoms. The SMILES string of the molecule is C[C@@H](O)C1C(=O)N2C(C(=O)OC(=O)c3ccc([N+](=O)[O-])cc3)=C(CN3CC(NS(N)(=O)=O)C3)[C@H](C)[C@H]12. The zero-order valence-corrected chi connectivity index (χ0v) is 20.2. The Morgan fingerprint density at radius 3 is 2.42 bits per heavy atom. The number of β-lactam (4-membered cyclic amide) rings is 1. The topological polar surface area (TPSA) is 202 Å². The van der Waals surface area contributed by atoms with Gasteiger partial charge < -0.3 is 14.7 Å². The van der Waals surface area contributed by atoms with Crippen LogP contribution in [0.15, 0.2) is 35.5 Å². The highest BCUT2D eigenvalue weighted by molar-refractivity contribution is 7.87. The molecule has 1 aromatic carbocycles. The third-order valence-electron chi connectivity index (χ3n) is 6.69. The Morgan fingerprint density at radius 1 is 1.28 bits per heavy atom. The number of aliphatic hydroxyl groups excluding tert-OH is 1. The number of rotatable bonds is 8. The van der Waals surface area contributed by atoms with E-state index in [1.807, 2.05) is 4.90 Å². The number of aliphatic hydroxyl groups is 1. The quantitative estimate of drug-likeness (QED) is 0.123. The molecule has 4 rings (SSSR count). The summed E-state index contributed by atoms with van der Waals surface area (Å²) in [6.45, 7) is 4.12. The van der Waals surface area contributed by atoms with Crippen LogP contribution < -0.4 is 9.86 Å². The van der Waals surface area contributed by atoms with Crippen LogP contribution in [0.5, 0.6) is 0 Å². The van der Waals surface area contributed by atoms with Crippen molar-refractivity contribution >= 4 is 33.7 Å². The molecule has 4 atom stereocenters. The van der Waals surface area contributed by atoms with Gasteiger partial charge in [0.2, 0.25) is 5.91 Å². The van der Waals surface area contributed by atoms with Gasteiger partial charge in [0.05, 0.1) is 28.6 Å². The van der Waals surface area contributed by atoms with Gasteiger partial charge >= 0.3 is 11.9 Å². The van der Waals surface area contributed by atoms with E-state index in [0.29, 0.717) is 18.7 Å². The van der Waals surface area contributed by atoms with E-state index in [4.69, 9.17) is 9.88 Å². The highest BCUT2D eigenvalue weighted by Gasteiger charge is 2.60. The molecule has 194 valence electrons. The molecule has 3 aliphatic heterocycles. The fourth-order valence-electron chi connectivity index (χ4n) is 5.00. The molecule has 1 unspecified atom stereocenters. The van der Waals surface area contributed by atoms with E-state index in [2.05, 4.69) is 4.72 Å². The van der Waals surface area contributed by atoms with Crippen molar-refractivity contribution < 1.29 is 37.6 Å². The molecule has 4 N–H and O–H groups in total. The molecule has 1 aromatic rings. The number of nitrogens with two attached hydrogens (primary N) is 1. The molecule has 2 fully saturated rings. The summed E-state index contributed by atoms with van der Waals surface area (Å²) in [5.41, 5.74) is 0.102. The summed E-state index contributed by atoms with van der Waals surface area (Å²) in [6, 6.07) is 3.60. The number of nitrogens with one attached hydrogen (secondary N) is 1. The second kappa shape index (κ2) is 9.33. The maximum atomic E-state index is 13.1. The summed E-state index contributed by atoms with van der Waals surface area (Å²) in [4.78, 5) is 51.7. The number of nitro groups is 1. The van der Waals surface area contributed by atoms with Gasteiger partial charge in [0.15, 0.2) is 0 Å². The summed E-state index contributed by atoms with van der Waals surface area (Å²) in [5.74, 6) is -3.63. The van der Waals surface area contributed by atoms with Crippen LogP contribution in [0.25, 0.3) is 0 Å². The molecule has 15 heteroatoms. The van der Waals surface area contributed by atoms with Crippen LogP contribution in [0.2, 0.25) is 0 Å². The first-order chi connectivity index (χ1) is 16.8. The summed E-state index contributed by atoms with van der Waals surface area (Å²) < 4.78 is 29.8. The Labute approximate surface area is 206 Å². The van der Waals surface area contributed by atoms with E-state index in [9.17, 15) is 38.0 Å². The highest BCUT2D eigenvalue weighted by atomic mass is 32.2. The van der Waals surface area contributed by atoms with Crippen LogP contribution in [0.1, 0.15) is 24.2 Å². The van der Waals surface area contributed by atoms with Crippen molar-refractivity contribution in [2.24, 2.45) is 17.0 Å². The maximum Gasteiger partial charge on any atom is 0.362 e. The van der Waals surface area contributed by atoms with Crippen LogP contribution in [0.3, 0.4) is 0 Å². The van der Waals surface area contributed by atoms with Gasteiger partial charge in [0.25, 0.3) is 15.9 Å². The molecular weight excluding hydrogens is 498 g/mol. The number of nitrogens with zero attached hydrogens (tertiary/aromatic N) is 3. The molecular formula is C21H25N5O9S. The minimum atomic E-state index is -3.87. The number of ether oxygens (including phenoxy) is 1. The van der Waals surface area contributed by atoms with Gasteiger partial charge in [-0.25, -0.2) is 14.7 Å². The van der Waals surface area contributed by atoms with Crippen molar-refractivity contribution in [3.63, 3.8) is 0 Å². The van der Waals surface area contributed by atoms with Gasteiger partial charge in [-0.1, -0.05) is 6.92 Å². The van der Waals surface area contributed by atoms with Crippen molar-refractivity contribution in [2.45, 2.75) is 32.0 Å². The monoisotopic (exact) mass is 523 g/mol. The number of fused-ring (bicyclic) bond motifs is 1. The van der Waals surface area contributed by atoms with E-state index in [0.717, 1.165) is 24.3 Å². The maximum absolute atomic E-state index is 13.1. The molecule has 1 amide bonds. The highest BCUT2D eigenvalue weighted by Crippen LogP contribution is 2.47. The molecule has 3 heterocycles. The molecule has 0 aromatic heterocycles. The van der Waals surface area contributed by atoms with Crippen LogP contribution in [0.4, 0.5) is 5.69 Å². The van der Waals surface area contributed by atoms with Crippen LogP contribution in [-0.2, 0) is 24.5 Å². The molecule has 3 aliphatic rings. The number of nitro benzene ring substituents is 1. The molecule has 0 saturated carbocycles. The van der Waals surface area contributed by atoms with E-state index < -0.39 is 57.1 Å². The lowest BCUT2D eigenvalue weighted by Gasteiger charge is -2.46. The predicted molar refractivity (Wildman–Crippen MR) is 122 cm³/mol.